The summed E-state index contributed by atoms with van der Waals surface area (Å²) in [5.74, 6) is 2.06. The smallest absolute Gasteiger partial charge is 0.161 e. The molecule has 1 aromatic rings. The van der Waals surface area contributed by atoms with Gasteiger partial charge in [-0.1, -0.05) is 19.9 Å². The van der Waals surface area contributed by atoms with Crippen LogP contribution < -0.4 is 14.8 Å². The van der Waals surface area contributed by atoms with Gasteiger partial charge in [0.25, 0.3) is 0 Å². The van der Waals surface area contributed by atoms with Crippen LogP contribution in [-0.4, -0.2) is 31.5 Å². The van der Waals surface area contributed by atoms with Crippen molar-refractivity contribution >= 4 is 0 Å². The zero-order valence-corrected chi connectivity index (χ0v) is 12.1. The summed E-state index contributed by atoms with van der Waals surface area (Å²) in [5, 5.41) is 12.2. The summed E-state index contributed by atoms with van der Waals surface area (Å²) in [4.78, 5) is 0. The van der Waals surface area contributed by atoms with Crippen molar-refractivity contribution in [3.63, 3.8) is 0 Å². The number of hydrogen-bond donors (Lipinski definition) is 2. The van der Waals surface area contributed by atoms with Crippen LogP contribution in [0.2, 0.25) is 0 Å². The minimum absolute atomic E-state index is 0.00323. The Hall–Kier alpha value is -1.26. The molecule has 0 aliphatic carbocycles. The Morgan fingerprint density at radius 1 is 1.21 bits per heavy atom. The first-order valence-electron chi connectivity index (χ1n) is 6.87. The normalized spacial score (nSPS) is 10.8. The lowest BCUT2D eigenvalue weighted by Gasteiger charge is -2.13. The lowest BCUT2D eigenvalue weighted by molar-refractivity contribution is 0.194. The number of nitrogens with one attached hydrogen (secondary N) is 1. The van der Waals surface area contributed by atoms with E-state index in [1.165, 1.54) is 5.56 Å². The molecule has 0 bridgehead atoms. The van der Waals surface area contributed by atoms with Crippen LogP contribution in [0.3, 0.4) is 0 Å². The lowest BCUT2D eigenvalue weighted by atomic mass is 10.2. The fourth-order valence-corrected chi connectivity index (χ4v) is 1.71. The second kappa shape index (κ2) is 8.77. The quantitative estimate of drug-likeness (QED) is 0.720. The molecule has 0 radical (unpaired) electrons. The molecule has 0 unspecified atom stereocenters. The highest BCUT2D eigenvalue weighted by atomic mass is 16.5. The molecular weight excluding hydrogens is 242 g/mol. The molecule has 0 aromatic heterocycles. The third-order valence-corrected chi connectivity index (χ3v) is 2.54. The third-order valence-electron chi connectivity index (χ3n) is 2.54. The van der Waals surface area contributed by atoms with Crippen LogP contribution in [0.25, 0.3) is 0 Å². The lowest BCUT2D eigenvalue weighted by Crippen LogP contribution is -2.19. The van der Waals surface area contributed by atoms with Gasteiger partial charge in [-0.25, -0.2) is 0 Å². The van der Waals surface area contributed by atoms with Crippen LogP contribution >= 0.6 is 0 Å². The van der Waals surface area contributed by atoms with Crippen LogP contribution in [0.4, 0.5) is 0 Å². The zero-order valence-electron chi connectivity index (χ0n) is 12.1. The molecule has 4 nitrogen and oxygen atoms in total. The van der Waals surface area contributed by atoms with Crippen LogP contribution in [0, 0.1) is 5.92 Å². The SMILES string of the molecule is CCOc1cc(CNCC(C)C)ccc1OCCO. The summed E-state index contributed by atoms with van der Waals surface area (Å²) in [5.41, 5.74) is 1.17. The Morgan fingerprint density at radius 2 is 2.00 bits per heavy atom. The first-order chi connectivity index (χ1) is 9.17. The van der Waals surface area contributed by atoms with Crippen molar-refractivity contribution in [2.45, 2.75) is 27.3 Å². The van der Waals surface area contributed by atoms with Gasteiger partial charge in [-0.15, -0.1) is 0 Å². The van der Waals surface area contributed by atoms with E-state index in [0.717, 1.165) is 18.8 Å². The molecule has 19 heavy (non-hydrogen) atoms. The molecule has 0 amide bonds. The predicted molar refractivity (Wildman–Crippen MR) is 76.7 cm³/mol. The Bertz CT molecular complexity index is 366. The van der Waals surface area contributed by atoms with E-state index < -0.39 is 0 Å². The van der Waals surface area contributed by atoms with E-state index in [0.29, 0.717) is 18.3 Å². The van der Waals surface area contributed by atoms with Crippen molar-refractivity contribution in [3.8, 4) is 11.5 Å². The third kappa shape index (κ3) is 5.94. The number of rotatable bonds is 9. The summed E-state index contributed by atoms with van der Waals surface area (Å²) in [7, 11) is 0. The Labute approximate surface area is 115 Å². The predicted octanol–water partition coefficient (Wildman–Crippen LogP) is 2.20. The number of aliphatic hydroxyl groups excluding tert-OH is 1. The maximum Gasteiger partial charge on any atom is 0.161 e. The fraction of sp³-hybridized carbons (Fsp3) is 0.600. The summed E-state index contributed by atoms with van der Waals surface area (Å²) < 4.78 is 11.0. The fourth-order valence-electron chi connectivity index (χ4n) is 1.71. The Morgan fingerprint density at radius 3 is 2.63 bits per heavy atom. The van der Waals surface area contributed by atoms with Crippen LogP contribution in [0.5, 0.6) is 11.5 Å². The second-order valence-corrected chi connectivity index (χ2v) is 4.81. The van der Waals surface area contributed by atoms with E-state index in [1.807, 2.05) is 25.1 Å². The Balaban J connectivity index is 2.65. The molecule has 1 rings (SSSR count). The van der Waals surface area contributed by atoms with Crippen LogP contribution in [-0.2, 0) is 6.54 Å². The number of benzene rings is 1. The average molecular weight is 267 g/mol. The summed E-state index contributed by atoms with van der Waals surface area (Å²) in [6.07, 6.45) is 0. The Kier molecular flexibility index (Phi) is 7.30. The van der Waals surface area contributed by atoms with Crippen molar-refractivity contribution in [2.75, 3.05) is 26.4 Å². The van der Waals surface area contributed by atoms with E-state index in [2.05, 4.69) is 19.2 Å². The monoisotopic (exact) mass is 267 g/mol. The highest BCUT2D eigenvalue weighted by Gasteiger charge is 2.06. The van der Waals surface area contributed by atoms with Crippen LogP contribution in [0.1, 0.15) is 26.3 Å². The molecule has 0 saturated heterocycles. The maximum absolute atomic E-state index is 8.80. The van der Waals surface area contributed by atoms with Crippen molar-refractivity contribution < 1.29 is 14.6 Å². The van der Waals surface area contributed by atoms with E-state index in [1.54, 1.807) is 0 Å². The molecule has 0 saturated carbocycles. The average Bonchev–Trinajstić information content (AvgIpc) is 2.38. The van der Waals surface area contributed by atoms with Crippen molar-refractivity contribution in [2.24, 2.45) is 5.92 Å². The highest BCUT2D eigenvalue weighted by Crippen LogP contribution is 2.28. The van der Waals surface area contributed by atoms with Gasteiger partial charge in [-0.05, 0) is 37.1 Å². The van der Waals surface area contributed by atoms with Gasteiger partial charge in [0.1, 0.15) is 6.61 Å². The highest BCUT2D eigenvalue weighted by molar-refractivity contribution is 5.43. The molecule has 0 atom stereocenters. The van der Waals surface area contributed by atoms with Gasteiger partial charge in [0.05, 0.1) is 13.2 Å². The zero-order chi connectivity index (χ0) is 14.1. The standard InChI is InChI=1S/C15H25NO3/c1-4-18-15-9-13(11-16-10-12(2)3)5-6-14(15)19-8-7-17/h5-6,9,12,16-17H,4,7-8,10-11H2,1-3H3. The van der Waals surface area contributed by atoms with E-state index in [4.69, 9.17) is 14.6 Å². The van der Waals surface area contributed by atoms with Gasteiger partial charge in [0.15, 0.2) is 11.5 Å². The van der Waals surface area contributed by atoms with Gasteiger partial charge in [0, 0.05) is 6.54 Å². The molecule has 1 aromatic carbocycles. The number of ether oxygens (including phenoxy) is 2. The van der Waals surface area contributed by atoms with Gasteiger partial charge < -0.3 is 19.9 Å². The molecule has 0 aliphatic heterocycles. The van der Waals surface area contributed by atoms with Crippen molar-refractivity contribution in [3.05, 3.63) is 23.8 Å². The van der Waals surface area contributed by atoms with Crippen molar-refractivity contribution in [1.29, 1.82) is 0 Å². The molecule has 0 spiro atoms. The maximum atomic E-state index is 8.80. The minimum Gasteiger partial charge on any atom is -0.490 e. The summed E-state index contributed by atoms with van der Waals surface area (Å²) in [6, 6.07) is 5.90. The molecule has 4 heteroatoms. The van der Waals surface area contributed by atoms with Crippen LogP contribution in [0.15, 0.2) is 18.2 Å². The largest absolute Gasteiger partial charge is 0.490 e. The molecule has 0 fully saturated rings. The van der Waals surface area contributed by atoms with Gasteiger partial charge >= 0.3 is 0 Å². The van der Waals surface area contributed by atoms with E-state index >= 15 is 0 Å². The topological polar surface area (TPSA) is 50.7 Å². The molecule has 108 valence electrons. The number of aliphatic hydroxyl groups is 1. The van der Waals surface area contributed by atoms with Gasteiger partial charge in [-0.3, -0.25) is 0 Å². The number of hydrogen-bond acceptors (Lipinski definition) is 4. The molecule has 0 heterocycles. The van der Waals surface area contributed by atoms with E-state index in [-0.39, 0.29) is 13.2 Å². The van der Waals surface area contributed by atoms with Crippen molar-refractivity contribution in [1.82, 2.24) is 5.32 Å². The second-order valence-electron chi connectivity index (χ2n) is 4.81. The van der Waals surface area contributed by atoms with Gasteiger partial charge in [0.2, 0.25) is 0 Å². The summed E-state index contributed by atoms with van der Waals surface area (Å²) in [6.45, 7) is 9.01. The first kappa shape index (κ1) is 15.8. The van der Waals surface area contributed by atoms with E-state index in [9.17, 15) is 0 Å². The molecular formula is C15H25NO3. The first-order valence-corrected chi connectivity index (χ1v) is 6.87. The van der Waals surface area contributed by atoms with Gasteiger partial charge in [-0.2, -0.15) is 0 Å². The molecule has 0 aliphatic rings. The molecule has 2 N–H and O–H groups in total. The minimum atomic E-state index is 0.00323. The summed E-state index contributed by atoms with van der Waals surface area (Å²) >= 11 is 0.